The van der Waals surface area contributed by atoms with Crippen molar-refractivity contribution in [2.45, 2.75) is 116 Å². The third-order valence-corrected chi connectivity index (χ3v) is 8.63. The highest BCUT2D eigenvalue weighted by molar-refractivity contribution is 7.99. The SMILES string of the molecule is CC(C)(C)c1cc(CSCN(O)CSCc2cc(C(C)(C)C)c(O)c(C(C)(C)C)c2)cc(C(C)(C)C)c1O. The fourth-order valence-corrected chi connectivity index (χ4v) is 6.12. The lowest BCUT2D eigenvalue weighted by Crippen LogP contribution is -2.19. The molecule has 0 bridgehead atoms. The largest absolute Gasteiger partial charge is 0.507 e. The first-order valence-corrected chi connectivity index (χ1v) is 15.8. The van der Waals surface area contributed by atoms with Crippen LogP contribution < -0.4 is 0 Å². The Morgan fingerprint density at radius 2 is 0.763 bits per heavy atom. The van der Waals surface area contributed by atoms with Crippen LogP contribution in [0.4, 0.5) is 0 Å². The van der Waals surface area contributed by atoms with Gasteiger partial charge in [-0.3, -0.25) is 0 Å². The van der Waals surface area contributed by atoms with Gasteiger partial charge in [0.2, 0.25) is 0 Å². The van der Waals surface area contributed by atoms with E-state index in [4.69, 9.17) is 0 Å². The quantitative estimate of drug-likeness (QED) is 0.221. The number of hydrogen-bond acceptors (Lipinski definition) is 6. The van der Waals surface area contributed by atoms with Gasteiger partial charge >= 0.3 is 0 Å². The minimum atomic E-state index is -0.154. The second-order valence-corrected chi connectivity index (χ2v) is 16.5. The van der Waals surface area contributed by atoms with E-state index in [1.54, 1.807) is 23.5 Å². The molecule has 0 atom stereocenters. The molecule has 0 radical (unpaired) electrons. The summed E-state index contributed by atoms with van der Waals surface area (Å²) in [5.74, 6) is 3.32. The molecule has 2 rings (SSSR count). The van der Waals surface area contributed by atoms with E-state index in [2.05, 4.69) is 107 Å². The van der Waals surface area contributed by atoms with Gasteiger partial charge in [0.1, 0.15) is 11.5 Å². The van der Waals surface area contributed by atoms with Crippen LogP contribution in [0, 0.1) is 0 Å². The van der Waals surface area contributed by atoms with Gasteiger partial charge in [-0.1, -0.05) is 107 Å². The average molecular weight is 562 g/mol. The zero-order valence-corrected chi connectivity index (χ0v) is 27.4. The van der Waals surface area contributed by atoms with Crippen LogP contribution in [0.1, 0.15) is 116 Å². The van der Waals surface area contributed by atoms with Crippen molar-refractivity contribution in [1.82, 2.24) is 5.06 Å². The van der Waals surface area contributed by atoms with Crippen molar-refractivity contribution in [1.29, 1.82) is 0 Å². The summed E-state index contributed by atoms with van der Waals surface area (Å²) in [6.45, 7) is 25.5. The molecule has 0 heterocycles. The molecule has 0 unspecified atom stereocenters. The van der Waals surface area contributed by atoms with Crippen LogP contribution in [-0.4, -0.2) is 32.2 Å². The summed E-state index contributed by atoms with van der Waals surface area (Å²) in [5, 5.41) is 33.8. The van der Waals surface area contributed by atoms with E-state index in [1.165, 1.54) is 5.06 Å². The number of phenols is 2. The number of aromatic hydroxyl groups is 2. The molecular weight excluding hydrogens is 510 g/mol. The van der Waals surface area contributed by atoms with E-state index >= 15 is 0 Å². The molecule has 0 saturated heterocycles. The monoisotopic (exact) mass is 561 g/mol. The molecule has 6 heteroatoms. The molecular formula is C32H51NO3S2. The van der Waals surface area contributed by atoms with Crippen molar-refractivity contribution in [3.63, 3.8) is 0 Å². The molecule has 0 amide bonds. The van der Waals surface area contributed by atoms with Crippen molar-refractivity contribution in [3.8, 4) is 11.5 Å². The summed E-state index contributed by atoms with van der Waals surface area (Å²) in [6, 6.07) is 8.44. The van der Waals surface area contributed by atoms with Crippen molar-refractivity contribution < 1.29 is 15.4 Å². The number of nitrogens with zero attached hydrogens (tertiary/aromatic N) is 1. The smallest absolute Gasteiger partial charge is 0.123 e. The topological polar surface area (TPSA) is 63.9 Å². The number of phenolic OH excluding ortho intramolecular Hbond substituents is 2. The molecule has 4 nitrogen and oxygen atoms in total. The van der Waals surface area contributed by atoms with Crippen molar-refractivity contribution in [3.05, 3.63) is 57.6 Å². The lowest BCUT2D eigenvalue weighted by atomic mass is 9.78. The van der Waals surface area contributed by atoms with Crippen LogP contribution in [0.2, 0.25) is 0 Å². The van der Waals surface area contributed by atoms with E-state index in [0.717, 1.165) is 44.9 Å². The van der Waals surface area contributed by atoms with Gasteiger partial charge in [0.25, 0.3) is 0 Å². The highest BCUT2D eigenvalue weighted by Gasteiger charge is 2.28. The number of hydrogen-bond donors (Lipinski definition) is 3. The van der Waals surface area contributed by atoms with Crippen molar-refractivity contribution in [2.75, 3.05) is 11.8 Å². The first kappa shape index (κ1) is 32.9. The van der Waals surface area contributed by atoms with Crippen molar-refractivity contribution in [2.24, 2.45) is 0 Å². The molecule has 2 aromatic rings. The van der Waals surface area contributed by atoms with E-state index in [9.17, 15) is 15.4 Å². The summed E-state index contributed by atoms with van der Waals surface area (Å²) >= 11 is 3.33. The van der Waals surface area contributed by atoms with Crippen LogP contribution in [0.5, 0.6) is 11.5 Å². The Morgan fingerprint density at radius 1 is 0.526 bits per heavy atom. The molecule has 0 aliphatic carbocycles. The second kappa shape index (κ2) is 12.0. The summed E-state index contributed by atoms with van der Waals surface area (Å²) < 4.78 is 0. The van der Waals surface area contributed by atoms with Gasteiger partial charge in [-0.05, 0) is 55.0 Å². The summed E-state index contributed by atoms with van der Waals surface area (Å²) in [5.41, 5.74) is 5.58. The molecule has 38 heavy (non-hydrogen) atoms. The average Bonchev–Trinajstić information content (AvgIpc) is 2.72. The molecule has 2 aromatic carbocycles. The standard InChI is InChI=1S/C32H51NO3S2/c1-29(2,3)23-13-21(14-24(27(23)34)30(4,5)6)17-37-19-33(36)20-38-18-22-15-25(31(7,8)9)28(35)26(16-22)32(10,11)12/h13-16,34-36H,17-20H2,1-12H3. The Kier molecular flexibility index (Phi) is 10.4. The molecule has 0 aliphatic heterocycles. The third kappa shape index (κ3) is 8.84. The van der Waals surface area contributed by atoms with Gasteiger partial charge in [0, 0.05) is 11.5 Å². The fraction of sp³-hybridized carbons (Fsp3) is 0.625. The number of benzene rings is 2. The highest BCUT2D eigenvalue weighted by Crippen LogP contribution is 2.41. The zero-order valence-electron chi connectivity index (χ0n) is 25.7. The van der Waals surface area contributed by atoms with Crippen LogP contribution >= 0.6 is 23.5 Å². The summed E-state index contributed by atoms with van der Waals surface area (Å²) in [4.78, 5) is 0. The molecule has 0 aromatic heterocycles. The predicted octanol–water partition coefficient (Wildman–Crippen LogP) is 9.06. The normalized spacial score (nSPS) is 13.4. The predicted molar refractivity (Wildman–Crippen MR) is 167 cm³/mol. The summed E-state index contributed by atoms with van der Waals surface area (Å²) in [6.07, 6.45) is 0. The van der Waals surface area contributed by atoms with Gasteiger partial charge in [-0.2, -0.15) is 5.06 Å². The van der Waals surface area contributed by atoms with Crippen LogP contribution in [-0.2, 0) is 33.2 Å². The molecule has 3 N–H and O–H groups in total. The molecule has 0 aliphatic rings. The number of hydroxylamine groups is 2. The third-order valence-electron chi connectivity index (χ3n) is 6.59. The van der Waals surface area contributed by atoms with Gasteiger partial charge in [0.15, 0.2) is 0 Å². The minimum absolute atomic E-state index is 0.154. The van der Waals surface area contributed by atoms with Crippen LogP contribution in [0.15, 0.2) is 24.3 Å². The molecule has 0 fully saturated rings. The van der Waals surface area contributed by atoms with Crippen molar-refractivity contribution >= 4 is 23.5 Å². The first-order chi connectivity index (χ1) is 17.1. The van der Waals surface area contributed by atoms with E-state index in [-0.39, 0.29) is 21.7 Å². The Hall–Kier alpha value is -1.34. The Balaban J connectivity index is 2.04. The van der Waals surface area contributed by atoms with Crippen LogP contribution in [0.3, 0.4) is 0 Å². The number of thioether (sulfide) groups is 2. The molecule has 0 spiro atoms. The highest BCUT2D eigenvalue weighted by atomic mass is 32.2. The zero-order chi connectivity index (χ0) is 29.3. The van der Waals surface area contributed by atoms with Gasteiger partial charge in [-0.15, -0.1) is 23.5 Å². The fourth-order valence-electron chi connectivity index (χ4n) is 4.42. The Labute approximate surface area is 240 Å². The minimum Gasteiger partial charge on any atom is -0.507 e. The van der Waals surface area contributed by atoms with Gasteiger partial charge in [-0.25, -0.2) is 0 Å². The molecule has 214 valence electrons. The van der Waals surface area contributed by atoms with Crippen LogP contribution in [0.25, 0.3) is 0 Å². The Bertz CT molecular complexity index is 942. The Morgan fingerprint density at radius 3 is 0.974 bits per heavy atom. The maximum Gasteiger partial charge on any atom is 0.123 e. The first-order valence-electron chi connectivity index (χ1n) is 13.5. The molecule has 0 saturated carbocycles. The van der Waals surface area contributed by atoms with E-state index in [0.29, 0.717) is 23.3 Å². The van der Waals surface area contributed by atoms with E-state index in [1.807, 2.05) is 0 Å². The summed E-state index contributed by atoms with van der Waals surface area (Å²) in [7, 11) is 0. The maximum atomic E-state index is 11.0. The lowest BCUT2D eigenvalue weighted by molar-refractivity contribution is -0.0516. The second-order valence-electron chi connectivity index (χ2n) is 14.5. The lowest BCUT2D eigenvalue weighted by Gasteiger charge is -2.28. The van der Waals surface area contributed by atoms with Gasteiger partial charge < -0.3 is 15.4 Å². The van der Waals surface area contributed by atoms with E-state index < -0.39 is 0 Å². The van der Waals surface area contributed by atoms with Gasteiger partial charge in [0.05, 0.1) is 11.8 Å². The number of rotatable bonds is 8. The maximum absolute atomic E-state index is 11.0.